The minimum absolute atomic E-state index is 0.226. The Balaban J connectivity index is -0.000000184. The molecule has 0 aromatic rings. The molecule has 0 amide bonds. The third-order valence-corrected chi connectivity index (χ3v) is 26.7. The van der Waals surface area contributed by atoms with Crippen molar-refractivity contribution < 1.29 is 0 Å². The second-order valence-corrected chi connectivity index (χ2v) is 40.1. The molecular formula is C80H192N16Si16. The molecule has 0 N–H and O–H groups in total. The van der Waals surface area contributed by atoms with E-state index in [1.807, 2.05) is 0 Å². The average Bonchev–Trinajstić information content (AvgIpc) is 0.854. The van der Waals surface area contributed by atoms with Gasteiger partial charge in [0.1, 0.15) is 0 Å². The molecule has 0 saturated carbocycles. The van der Waals surface area contributed by atoms with Crippen LogP contribution in [-0.4, -0.2) is 398 Å². The number of aliphatic imine (C=N–C) groups is 8. The van der Waals surface area contributed by atoms with Crippen LogP contribution in [0.25, 0.3) is 0 Å². The van der Waals surface area contributed by atoms with Crippen molar-refractivity contribution in [1.29, 1.82) is 0 Å². The van der Waals surface area contributed by atoms with E-state index in [2.05, 4.69) is 336 Å². The highest BCUT2D eigenvalue weighted by atomic mass is 28.2. The molecule has 0 spiro atoms. The largest absolute Gasteiger partial charge is 0.382 e. The summed E-state index contributed by atoms with van der Waals surface area (Å²) in [4.78, 5) is 54.9. The fraction of sp³-hybridized carbons (Fsp3) is 0.700. The van der Waals surface area contributed by atoms with Gasteiger partial charge in [-0.3, -0.25) is 39.9 Å². The van der Waals surface area contributed by atoms with Gasteiger partial charge in [0.15, 0.2) is 0 Å². The maximum absolute atomic E-state index is 4.50. The summed E-state index contributed by atoms with van der Waals surface area (Å²) in [5.41, 5.74) is 20.9. The van der Waals surface area contributed by atoms with E-state index >= 15 is 0 Å². The van der Waals surface area contributed by atoms with Crippen molar-refractivity contribution in [2.45, 2.75) is 243 Å². The van der Waals surface area contributed by atoms with Crippen LogP contribution >= 0.6 is 0 Å². The lowest BCUT2D eigenvalue weighted by Crippen LogP contribution is -2.41. The monoisotopic (exact) mass is 1830 g/mol. The smallest absolute Gasteiger partial charge is 0.0330 e. The number of rotatable bonds is 40. The number of allylic oxidation sites excluding steroid dienone is 16. The molecule has 0 fully saturated rings. The average molecular weight is 1830 g/mol. The highest BCUT2D eigenvalue weighted by molar-refractivity contribution is 6.14. The van der Waals surface area contributed by atoms with E-state index < -0.39 is 0 Å². The molecule has 112 heavy (non-hydrogen) atoms. The maximum Gasteiger partial charge on any atom is 0.0330 e. The van der Waals surface area contributed by atoms with Crippen molar-refractivity contribution in [3.63, 3.8) is 0 Å². The van der Waals surface area contributed by atoms with Gasteiger partial charge in [0.25, 0.3) is 0 Å². The lowest BCUT2D eigenvalue weighted by Gasteiger charge is -2.38. The van der Waals surface area contributed by atoms with Crippen LogP contribution in [0.4, 0.5) is 0 Å². The van der Waals surface area contributed by atoms with Gasteiger partial charge in [0, 0.05) is 404 Å². The molecule has 0 aliphatic carbocycles. The lowest BCUT2D eigenvalue weighted by molar-refractivity contribution is 0.210. The maximum atomic E-state index is 4.50. The van der Waals surface area contributed by atoms with Crippen molar-refractivity contribution in [2.75, 3.05) is 126 Å². The first kappa shape index (κ1) is 125. The molecule has 0 aliphatic heterocycles. The Morgan fingerprint density at radius 2 is 0.527 bits per heavy atom. The second kappa shape index (κ2) is 79.3. The molecule has 16 nitrogen and oxygen atoms in total. The molecule has 32 heteroatoms. The van der Waals surface area contributed by atoms with Gasteiger partial charge in [-0.1, -0.05) is 27.7 Å². The van der Waals surface area contributed by atoms with Crippen LogP contribution in [0.1, 0.15) is 220 Å². The first-order valence-electron chi connectivity index (χ1n) is 44.0. The van der Waals surface area contributed by atoms with E-state index in [9.17, 15) is 0 Å². The SMILES string of the molecule is CC(/C=C(/C)N(C)C[SiH3])=NC[SiH3].CC(/C=C(/C)N(C[SiH3])C(C)(C)C)=NC[SiH3].CC(/C=C(/C)N(C[SiH3])C(C)C)=NC[SiH3].CC/C(=C/C(C)=NC[SiH3])N(C)C[SiH3].CC/C(=C/C(C)=NC[SiH3])N(CC)C[SiH3].CC/C(=C/C(C)=NC[SiH3])N(C[SiH3])C(C)(C)C.CC/C(=C/C(C)=NC[SiH3])N(C[SiH3])C(C)C.CCN(C[SiH3])/C(C)=C\C(C)=NC[SiH3]. The van der Waals surface area contributed by atoms with Gasteiger partial charge in [0.2, 0.25) is 0 Å². The molecule has 0 aromatic carbocycles. The minimum atomic E-state index is 0.226. The Morgan fingerprint density at radius 1 is 0.268 bits per heavy atom. The summed E-state index contributed by atoms with van der Waals surface area (Å²) in [5.74, 6) is 0. The van der Waals surface area contributed by atoms with Crippen molar-refractivity contribution in [3.05, 3.63) is 94.2 Å². The Bertz CT molecular complexity index is 2910. The van der Waals surface area contributed by atoms with E-state index in [-0.39, 0.29) is 11.1 Å². The normalized spacial score (nSPS) is 14.1. The highest BCUT2D eigenvalue weighted by Crippen LogP contribution is 2.22. The summed E-state index contributed by atoms with van der Waals surface area (Å²) in [6.45, 7) is 63.7. The molecule has 0 aliphatic rings. The molecule has 0 rings (SSSR count). The molecule has 656 valence electrons. The standard InChI is InChI=1S/C12H28N2Si2.2C11H26N2Si2.2C10H24N2Si2.2C9H22N2Si2.C8H20N2Si2/c1-6-11(7-10(2)13-8-15)14(9-16)12(3,4)5;1-9(12-7-14)6-10(2)13(8-15)11(3,4)5;1-5-11(6-10(4)12-7-14)13(8-15)9(2)3;1-8(2)12(7-14)10(4)5-9(3)11-6-13;1-4-10(12(5-2)8-14)6-9(3)11-7-13;1-4-9(11(3)7-13)5-8(2)10-6-12;1-4-11(7-13)9(3)5-8(2)10-6-12;1-7(9-5-11)4-8(2)10(3)6-12/h7H,6,8-9H2,1-5,15-16H3;6H,7-8H2,1-5,14-15H3;6,9H,5,7-8H2,1-4,14-15H3;5,8H,6-7H2,1-4,13-14H3;6H,4-5,7-8H2,1-3,13-14H3;2*5H,4,6-7H2,1-3,12-13H3;4H,5-6H2,1-3,11-12H3/b11-7-,13-10?;10-6-,12-9?;11-6-,12-10?;10-5-,11-9?;10-6-,11-9?;2*9-5-,10-8?;8-4-,9-7?. The van der Waals surface area contributed by atoms with Crippen LogP contribution in [0.2, 0.25) is 0 Å². The van der Waals surface area contributed by atoms with Gasteiger partial charge in [-0.2, -0.15) is 0 Å². The van der Waals surface area contributed by atoms with Crippen LogP contribution in [0.3, 0.4) is 0 Å². The van der Waals surface area contributed by atoms with Crippen LogP contribution in [0.15, 0.2) is 134 Å². The number of hydrogen-bond acceptors (Lipinski definition) is 16. The van der Waals surface area contributed by atoms with Crippen molar-refractivity contribution in [1.82, 2.24) is 39.2 Å². The van der Waals surface area contributed by atoms with Crippen molar-refractivity contribution >= 4 is 210 Å². The van der Waals surface area contributed by atoms with Gasteiger partial charge < -0.3 is 39.2 Å². The zero-order chi connectivity index (χ0) is 88.9. The topological polar surface area (TPSA) is 125 Å². The summed E-state index contributed by atoms with van der Waals surface area (Å²) in [5, 5.41) is 0. The van der Waals surface area contributed by atoms with Crippen LogP contribution in [-0.2, 0) is 0 Å². The summed E-state index contributed by atoms with van der Waals surface area (Å²) >= 11 is 0. The zero-order valence-electron chi connectivity index (χ0n) is 83.5. The summed E-state index contributed by atoms with van der Waals surface area (Å²) in [6, 6.07) is 1.21. The second-order valence-electron chi connectivity index (χ2n) is 30.0. The molecule has 0 bridgehead atoms. The predicted molar refractivity (Wildman–Crippen MR) is 588 cm³/mol. The highest BCUT2D eigenvalue weighted by Gasteiger charge is 2.22. The summed E-state index contributed by atoms with van der Waals surface area (Å²) < 4.78 is 0. The fourth-order valence-corrected chi connectivity index (χ4v) is 24.5. The van der Waals surface area contributed by atoms with E-state index in [0.717, 1.165) is 181 Å². The van der Waals surface area contributed by atoms with Crippen molar-refractivity contribution in [3.8, 4) is 0 Å². The Kier molecular flexibility index (Phi) is 88.3. The van der Waals surface area contributed by atoms with Gasteiger partial charge in [-0.05, 0) is 240 Å². The fourth-order valence-electron chi connectivity index (χ4n) is 12.6. The first-order valence-corrected chi connectivity index (χ1v) is 66.7. The third kappa shape index (κ3) is 68.1. The van der Waals surface area contributed by atoms with Gasteiger partial charge >= 0.3 is 0 Å². The summed E-state index contributed by atoms with van der Waals surface area (Å²) in [7, 11) is 23.4. The Morgan fingerprint density at radius 3 is 0.768 bits per heavy atom. The predicted octanol–water partition coefficient (Wildman–Crippen LogP) is -2.34. The zero-order valence-corrected chi connectivity index (χ0v) is 115. The molecule has 0 radical (unpaired) electrons. The van der Waals surface area contributed by atoms with Gasteiger partial charge in [-0.25, -0.2) is 0 Å². The van der Waals surface area contributed by atoms with Gasteiger partial charge in [0.05, 0.1) is 0 Å². The molecular weight excluding hydrogens is 1630 g/mol. The van der Waals surface area contributed by atoms with E-state index in [0.29, 0.717) is 12.1 Å². The Labute approximate surface area is 745 Å². The summed E-state index contributed by atoms with van der Waals surface area (Å²) in [6.07, 6.45) is 39.9. The van der Waals surface area contributed by atoms with Crippen LogP contribution < -0.4 is 0 Å². The van der Waals surface area contributed by atoms with E-state index in [4.69, 9.17) is 0 Å². The molecule has 0 heterocycles. The van der Waals surface area contributed by atoms with Crippen LogP contribution in [0, 0.1) is 0 Å². The molecule has 0 aromatic heterocycles. The van der Waals surface area contributed by atoms with Crippen molar-refractivity contribution in [2.24, 2.45) is 39.9 Å². The van der Waals surface area contributed by atoms with E-state index in [1.54, 1.807) is 0 Å². The number of nitrogens with zero attached hydrogens (tertiary/aromatic N) is 16. The quantitative estimate of drug-likeness (QED) is 0.0495. The molecule has 0 unspecified atom stereocenters. The van der Waals surface area contributed by atoms with Crippen LogP contribution in [0.5, 0.6) is 0 Å². The first-order chi connectivity index (χ1) is 52.4. The molecule has 0 saturated heterocycles. The number of hydrogen-bond donors (Lipinski definition) is 0. The minimum Gasteiger partial charge on any atom is -0.382 e. The third-order valence-electron chi connectivity index (χ3n) is 18.1. The van der Waals surface area contributed by atoms with Gasteiger partial charge in [-0.15, -0.1) is 0 Å². The molecule has 0 atom stereocenters. The van der Waals surface area contributed by atoms with E-state index in [1.165, 1.54) is 211 Å². The lowest BCUT2D eigenvalue weighted by atomic mass is 10.0. The Hall–Kier alpha value is -2.85.